The number of aromatic nitrogens is 2. The average Bonchev–Trinajstić information content (AvgIpc) is 2.82. The molecule has 2 rings (SSSR count). The molecular weight excluding hydrogens is 321 g/mol. The van der Waals surface area contributed by atoms with Crippen LogP contribution in [-0.2, 0) is 0 Å². The molecule has 1 aromatic carbocycles. The fourth-order valence-electron chi connectivity index (χ4n) is 1.96. The third kappa shape index (κ3) is 3.22. The second-order valence-corrected chi connectivity index (χ2v) is 5.60. The molecule has 8 heteroatoms. The van der Waals surface area contributed by atoms with E-state index in [2.05, 4.69) is 4.98 Å². The van der Waals surface area contributed by atoms with E-state index >= 15 is 0 Å². The van der Waals surface area contributed by atoms with Gasteiger partial charge in [0.05, 0.1) is 5.69 Å². The normalized spacial score (nSPS) is 12.9. The number of nitrogens with zero attached hydrogens (tertiary/aromatic N) is 2. The fourth-order valence-corrected chi connectivity index (χ4v) is 2.99. The maximum Gasteiger partial charge on any atom is 0.263 e. The molecule has 2 aromatic rings. The van der Waals surface area contributed by atoms with E-state index in [9.17, 15) is 17.8 Å². The van der Waals surface area contributed by atoms with Gasteiger partial charge in [-0.05, 0) is 24.8 Å². The summed E-state index contributed by atoms with van der Waals surface area (Å²) in [6.07, 6.45) is -2.11. The molecule has 0 bridgehead atoms. The quantitative estimate of drug-likeness (QED) is 0.827. The summed E-state index contributed by atoms with van der Waals surface area (Å²) in [6.45, 7) is 1.68. The van der Waals surface area contributed by atoms with Gasteiger partial charge in [-0.2, -0.15) is 0 Å². The first-order valence-electron chi connectivity index (χ1n) is 5.98. The van der Waals surface area contributed by atoms with Crippen LogP contribution in [0.1, 0.15) is 35.2 Å². The van der Waals surface area contributed by atoms with Crippen LogP contribution in [0.15, 0.2) is 29.3 Å². The van der Waals surface area contributed by atoms with E-state index in [0.29, 0.717) is 10.7 Å². The Labute approximate surface area is 129 Å². The van der Waals surface area contributed by atoms with Gasteiger partial charge in [-0.3, -0.25) is 0 Å². The summed E-state index contributed by atoms with van der Waals surface area (Å²) in [7, 11) is 0. The molecular formula is C13H13F3N2OS2. The van der Waals surface area contributed by atoms with Crippen molar-refractivity contribution >= 4 is 24.1 Å². The van der Waals surface area contributed by atoms with Crippen molar-refractivity contribution < 1.29 is 17.8 Å². The summed E-state index contributed by atoms with van der Waals surface area (Å²) in [4.78, 5) is 4.18. The highest BCUT2D eigenvalue weighted by molar-refractivity contribution is 7.98. The number of benzene rings is 1. The highest BCUT2D eigenvalue weighted by atomic mass is 32.2. The highest BCUT2D eigenvalue weighted by Crippen LogP contribution is 2.32. The minimum atomic E-state index is -2.63. The molecule has 114 valence electrons. The molecule has 1 atom stereocenters. The minimum Gasteiger partial charge on any atom is -0.380 e. The Kier molecular flexibility index (Phi) is 5.23. The molecule has 0 fully saturated rings. The van der Waals surface area contributed by atoms with Gasteiger partial charge < -0.3 is 5.11 Å². The second-order valence-electron chi connectivity index (χ2n) is 4.30. The molecule has 0 saturated carbocycles. The molecule has 3 nitrogen and oxygen atoms in total. The van der Waals surface area contributed by atoms with Crippen molar-refractivity contribution in [2.45, 2.75) is 24.5 Å². The van der Waals surface area contributed by atoms with Crippen molar-refractivity contribution in [3.05, 3.63) is 46.9 Å². The van der Waals surface area contributed by atoms with E-state index in [1.807, 2.05) is 0 Å². The predicted octanol–water partition coefficient (Wildman–Crippen LogP) is 4.31. The van der Waals surface area contributed by atoms with Crippen molar-refractivity contribution in [1.29, 1.82) is 0 Å². The van der Waals surface area contributed by atoms with Crippen LogP contribution in [-0.4, -0.2) is 20.3 Å². The first-order valence-corrected chi connectivity index (χ1v) is 7.87. The lowest BCUT2D eigenvalue weighted by Crippen LogP contribution is -2.07. The van der Waals surface area contributed by atoms with Gasteiger partial charge in [0.25, 0.3) is 6.43 Å². The first kappa shape index (κ1) is 16.3. The van der Waals surface area contributed by atoms with Crippen molar-refractivity contribution in [2.75, 3.05) is 6.26 Å². The van der Waals surface area contributed by atoms with Crippen LogP contribution in [0.2, 0.25) is 0 Å². The summed E-state index contributed by atoms with van der Waals surface area (Å²) < 4.78 is 39.7. The number of aliphatic hydroxyl groups excluding tert-OH is 1. The Balaban J connectivity index is 2.44. The Bertz CT molecular complexity index is 634. The monoisotopic (exact) mass is 334 g/mol. The number of halogens is 3. The van der Waals surface area contributed by atoms with Gasteiger partial charge in [0.15, 0.2) is 18.2 Å². The predicted molar refractivity (Wildman–Crippen MR) is 78.3 cm³/mol. The number of thioether (sulfide) groups is 1. The topological polar surface area (TPSA) is 38.1 Å². The maximum atomic E-state index is 13.1. The van der Waals surface area contributed by atoms with Gasteiger partial charge in [0.1, 0.15) is 11.1 Å². The Hall–Kier alpha value is -1.12. The number of imidazole rings is 1. The summed E-state index contributed by atoms with van der Waals surface area (Å²) in [5, 5.41) is 10.9. The van der Waals surface area contributed by atoms with E-state index < -0.39 is 12.5 Å². The third-order valence-corrected chi connectivity index (χ3v) is 4.40. The largest absolute Gasteiger partial charge is 0.380 e. The van der Waals surface area contributed by atoms with Gasteiger partial charge in [0.2, 0.25) is 0 Å². The summed E-state index contributed by atoms with van der Waals surface area (Å²) >= 11 is 1.25. The summed E-state index contributed by atoms with van der Waals surface area (Å²) in [5.41, 5.74) is 0.620. The van der Waals surface area contributed by atoms with Gasteiger partial charge in [-0.25, -0.2) is 17.7 Å². The first-order chi connectivity index (χ1) is 9.99. The zero-order valence-electron chi connectivity index (χ0n) is 11.3. The van der Waals surface area contributed by atoms with Crippen molar-refractivity contribution in [3.63, 3.8) is 0 Å². The zero-order chi connectivity index (χ0) is 15.6. The lowest BCUT2D eigenvalue weighted by Gasteiger charge is -2.12. The van der Waals surface area contributed by atoms with Crippen LogP contribution in [0.5, 0.6) is 0 Å². The van der Waals surface area contributed by atoms with E-state index in [1.165, 1.54) is 36.0 Å². The van der Waals surface area contributed by atoms with Crippen LogP contribution in [0.3, 0.4) is 0 Å². The lowest BCUT2D eigenvalue weighted by atomic mass is 10.1. The van der Waals surface area contributed by atoms with Crippen LogP contribution in [0, 0.1) is 6.92 Å². The molecule has 0 amide bonds. The van der Waals surface area contributed by atoms with Crippen LogP contribution in [0.4, 0.5) is 12.7 Å². The summed E-state index contributed by atoms with van der Waals surface area (Å²) in [6, 6.07) is 5.41. The molecule has 0 aliphatic carbocycles. The summed E-state index contributed by atoms with van der Waals surface area (Å²) in [5.74, 6) is 0.0794. The van der Waals surface area contributed by atoms with E-state index in [1.54, 1.807) is 13.2 Å². The van der Waals surface area contributed by atoms with Crippen LogP contribution in [0.25, 0.3) is 0 Å². The Morgan fingerprint density at radius 1 is 1.29 bits per heavy atom. The number of rotatable bonds is 5. The molecule has 1 aromatic heterocycles. The average molecular weight is 334 g/mol. The molecule has 21 heavy (non-hydrogen) atoms. The minimum absolute atomic E-state index is 0.0756. The molecule has 1 unspecified atom stereocenters. The van der Waals surface area contributed by atoms with E-state index in [-0.39, 0.29) is 29.3 Å². The number of hydrogen-bond donors (Lipinski definition) is 1. The molecule has 0 radical (unpaired) electrons. The van der Waals surface area contributed by atoms with E-state index in [4.69, 9.17) is 0 Å². The Morgan fingerprint density at radius 3 is 2.52 bits per heavy atom. The van der Waals surface area contributed by atoms with Crippen molar-refractivity contribution in [3.8, 4) is 0 Å². The molecule has 0 aliphatic heterocycles. The van der Waals surface area contributed by atoms with Gasteiger partial charge in [0, 0.05) is 5.56 Å². The fraction of sp³-hybridized carbons (Fsp3) is 0.308. The van der Waals surface area contributed by atoms with Crippen LogP contribution >= 0.6 is 24.1 Å². The van der Waals surface area contributed by atoms with Gasteiger partial charge in [-0.1, -0.05) is 18.2 Å². The van der Waals surface area contributed by atoms with Crippen molar-refractivity contribution in [2.24, 2.45) is 0 Å². The smallest absolute Gasteiger partial charge is 0.263 e. The van der Waals surface area contributed by atoms with E-state index in [0.717, 1.165) is 3.97 Å². The standard InChI is InChI=1S/C13H13F3N2OS2/c1-7-13(20-2)17-12(18(7)21-16)10(19)8-4-3-5-9(6-8)11(14)15/h3-6,10-11,19H,1-2H3. The lowest BCUT2D eigenvalue weighted by molar-refractivity contribution is 0.150. The van der Waals surface area contributed by atoms with Gasteiger partial charge in [-0.15, -0.1) is 15.6 Å². The highest BCUT2D eigenvalue weighted by Gasteiger charge is 2.23. The third-order valence-electron chi connectivity index (χ3n) is 3.02. The Morgan fingerprint density at radius 2 is 1.95 bits per heavy atom. The molecule has 1 heterocycles. The number of hydrogen-bond acceptors (Lipinski definition) is 4. The molecule has 0 saturated heterocycles. The van der Waals surface area contributed by atoms with Crippen LogP contribution < -0.4 is 0 Å². The zero-order valence-corrected chi connectivity index (χ0v) is 12.9. The molecule has 0 aliphatic rings. The molecule has 1 N–H and O–H groups in total. The number of alkyl halides is 2. The van der Waals surface area contributed by atoms with Crippen molar-refractivity contribution in [1.82, 2.24) is 8.96 Å². The molecule has 0 spiro atoms. The second kappa shape index (κ2) is 6.76. The number of aliphatic hydroxyl groups is 1. The van der Waals surface area contributed by atoms with Gasteiger partial charge >= 0.3 is 0 Å². The maximum absolute atomic E-state index is 13.1. The SMILES string of the molecule is CSc1nc(C(O)c2cccc(C(F)F)c2)n(SF)c1C.